The van der Waals surface area contributed by atoms with Crippen molar-refractivity contribution in [3.8, 4) is 0 Å². The largest absolute Gasteiger partial charge is 0.433 e. The molecule has 0 amide bonds. The molecule has 1 aromatic heterocycles. The molecule has 100 valence electrons. The predicted octanol–water partition coefficient (Wildman–Crippen LogP) is 4.09. The molecule has 2 rings (SSSR count). The first-order valence-corrected chi connectivity index (χ1v) is 6.25. The van der Waals surface area contributed by atoms with Gasteiger partial charge in [-0.2, -0.15) is 13.2 Å². The van der Waals surface area contributed by atoms with Gasteiger partial charge in [-0.15, -0.1) is 0 Å². The number of alkyl halides is 3. The Labute approximate surface area is 105 Å². The number of anilines is 1. The van der Waals surface area contributed by atoms with Crippen LogP contribution in [0, 0.1) is 5.92 Å². The molecule has 1 fully saturated rings. The molecule has 0 spiro atoms. The van der Waals surface area contributed by atoms with Crippen molar-refractivity contribution in [2.45, 2.75) is 44.8 Å². The van der Waals surface area contributed by atoms with Gasteiger partial charge in [0, 0.05) is 6.04 Å². The maximum atomic E-state index is 12.3. The molecule has 1 heterocycles. The van der Waals surface area contributed by atoms with E-state index in [1.54, 1.807) is 0 Å². The van der Waals surface area contributed by atoms with Gasteiger partial charge < -0.3 is 5.32 Å². The molecule has 0 aliphatic heterocycles. The topological polar surface area (TPSA) is 24.9 Å². The first kappa shape index (κ1) is 13.2. The van der Waals surface area contributed by atoms with E-state index in [-0.39, 0.29) is 0 Å². The SMILES string of the molecule is CC1CCCC(Nc2ccc(C(F)(F)F)nc2)C1. The van der Waals surface area contributed by atoms with Crippen LogP contribution in [0.5, 0.6) is 0 Å². The molecule has 2 unspecified atom stereocenters. The molecule has 0 radical (unpaired) electrons. The molecule has 0 bridgehead atoms. The highest BCUT2D eigenvalue weighted by Crippen LogP contribution is 2.29. The van der Waals surface area contributed by atoms with E-state index >= 15 is 0 Å². The van der Waals surface area contributed by atoms with Crippen molar-refractivity contribution >= 4 is 5.69 Å². The summed E-state index contributed by atoms with van der Waals surface area (Å²) >= 11 is 0. The Hall–Kier alpha value is -1.26. The Morgan fingerprint density at radius 1 is 1.28 bits per heavy atom. The number of pyridine rings is 1. The summed E-state index contributed by atoms with van der Waals surface area (Å²) in [6, 6.07) is 2.83. The van der Waals surface area contributed by atoms with Gasteiger partial charge in [0.15, 0.2) is 0 Å². The van der Waals surface area contributed by atoms with Crippen molar-refractivity contribution in [1.82, 2.24) is 4.98 Å². The summed E-state index contributed by atoms with van der Waals surface area (Å²) in [6.07, 6.45) is 1.46. The van der Waals surface area contributed by atoms with Crippen LogP contribution in [0.2, 0.25) is 0 Å². The van der Waals surface area contributed by atoms with Crippen molar-refractivity contribution in [1.29, 1.82) is 0 Å². The summed E-state index contributed by atoms with van der Waals surface area (Å²) in [6.45, 7) is 2.21. The van der Waals surface area contributed by atoms with Gasteiger partial charge in [0.1, 0.15) is 5.69 Å². The summed E-state index contributed by atoms with van der Waals surface area (Å²) in [4.78, 5) is 3.45. The molecular weight excluding hydrogens is 241 g/mol. The van der Waals surface area contributed by atoms with Crippen LogP contribution in [0.15, 0.2) is 18.3 Å². The zero-order valence-electron chi connectivity index (χ0n) is 10.3. The minimum absolute atomic E-state index is 0.354. The van der Waals surface area contributed by atoms with Gasteiger partial charge >= 0.3 is 6.18 Å². The smallest absolute Gasteiger partial charge is 0.381 e. The lowest BCUT2D eigenvalue weighted by Gasteiger charge is -2.28. The number of rotatable bonds is 2. The lowest BCUT2D eigenvalue weighted by molar-refractivity contribution is -0.141. The Morgan fingerprint density at radius 3 is 2.61 bits per heavy atom. The number of aromatic nitrogens is 1. The first-order valence-electron chi connectivity index (χ1n) is 6.25. The average Bonchev–Trinajstić information content (AvgIpc) is 2.28. The Bertz CT molecular complexity index is 386. The summed E-state index contributed by atoms with van der Waals surface area (Å²) in [7, 11) is 0. The normalized spacial score (nSPS) is 24.9. The minimum atomic E-state index is -4.36. The van der Waals surface area contributed by atoms with Gasteiger partial charge in [0.2, 0.25) is 0 Å². The van der Waals surface area contributed by atoms with E-state index in [1.165, 1.54) is 25.1 Å². The third kappa shape index (κ3) is 3.37. The number of nitrogens with zero attached hydrogens (tertiary/aromatic N) is 1. The first-order chi connectivity index (χ1) is 8.45. The van der Waals surface area contributed by atoms with E-state index in [1.807, 2.05) is 0 Å². The molecule has 18 heavy (non-hydrogen) atoms. The lowest BCUT2D eigenvalue weighted by atomic mass is 9.87. The quantitative estimate of drug-likeness (QED) is 0.864. The van der Waals surface area contributed by atoms with Crippen LogP contribution in [0.4, 0.5) is 18.9 Å². The highest BCUT2D eigenvalue weighted by Gasteiger charge is 2.32. The highest BCUT2D eigenvalue weighted by molar-refractivity contribution is 5.42. The van der Waals surface area contributed by atoms with E-state index in [0.717, 1.165) is 18.9 Å². The van der Waals surface area contributed by atoms with Gasteiger partial charge in [-0.1, -0.05) is 19.8 Å². The second-order valence-corrected chi connectivity index (χ2v) is 5.04. The summed E-state index contributed by atoms with van der Waals surface area (Å²) in [5.41, 5.74) is -0.174. The van der Waals surface area contributed by atoms with E-state index in [4.69, 9.17) is 0 Å². The molecule has 0 saturated heterocycles. The molecule has 1 aliphatic rings. The third-order valence-corrected chi connectivity index (χ3v) is 3.36. The van der Waals surface area contributed by atoms with Crippen LogP contribution in [-0.2, 0) is 6.18 Å². The van der Waals surface area contributed by atoms with Crippen LogP contribution in [-0.4, -0.2) is 11.0 Å². The average molecular weight is 258 g/mol. The number of nitrogens with one attached hydrogen (secondary N) is 1. The Balaban J connectivity index is 1.98. The van der Waals surface area contributed by atoms with Crippen molar-refractivity contribution in [2.75, 3.05) is 5.32 Å². The monoisotopic (exact) mass is 258 g/mol. The van der Waals surface area contributed by atoms with Crippen LogP contribution < -0.4 is 5.32 Å². The van der Waals surface area contributed by atoms with Gasteiger partial charge in [0.05, 0.1) is 11.9 Å². The van der Waals surface area contributed by atoms with E-state index < -0.39 is 11.9 Å². The van der Waals surface area contributed by atoms with Gasteiger partial charge in [0.25, 0.3) is 0 Å². The van der Waals surface area contributed by atoms with E-state index in [9.17, 15) is 13.2 Å². The van der Waals surface area contributed by atoms with Gasteiger partial charge in [-0.25, -0.2) is 4.98 Å². The van der Waals surface area contributed by atoms with Crippen LogP contribution in [0.25, 0.3) is 0 Å². The number of hydrogen-bond acceptors (Lipinski definition) is 2. The zero-order valence-corrected chi connectivity index (χ0v) is 10.3. The molecule has 1 N–H and O–H groups in total. The van der Waals surface area contributed by atoms with E-state index in [0.29, 0.717) is 17.6 Å². The molecule has 5 heteroatoms. The Kier molecular flexibility index (Phi) is 3.78. The summed E-state index contributed by atoms with van der Waals surface area (Å²) in [5, 5.41) is 3.26. The van der Waals surface area contributed by atoms with Crippen LogP contribution >= 0.6 is 0 Å². The molecule has 0 aromatic carbocycles. The number of hydrogen-bond donors (Lipinski definition) is 1. The lowest BCUT2D eigenvalue weighted by Crippen LogP contribution is -2.26. The molecular formula is C13H17F3N2. The minimum Gasteiger partial charge on any atom is -0.381 e. The summed E-state index contributed by atoms with van der Waals surface area (Å²) < 4.78 is 37.0. The second kappa shape index (κ2) is 5.16. The standard InChI is InChI=1S/C13H17F3N2/c1-9-3-2-4-10(7-9)18-11-5-6-12(17-8-11)13(14,15)16/h5-6,8-10,18H,2-4,7H2,1H3. The molecule has 2 atom stereocenters. The van der Waals surface area contributed by atoms with Crippen LogP contribution in [0.1, 0.15) is 38.3 Å². The van der Waals surface area contributed by atoms with Crippen molar-refractivity contribution < 1.29 is 13.2 Å². The maximum Gasteiger partial charge on any atom is 0.433 e. The summed E-state index contributed by atoms with van der Waals surface area (Å²) in [5.74, 6) is 0.679. The predicted molar refractivity (Wildman–Crippen MR) is 64.3 cm³/mol. The van der Waals surface area contributed by atoms with Crippen molar-refractivity contribution in [2.24, 2.45) is 5.92 Å². The molecule has 1 aromatic rings. The fourth-order valence-corrected chi connectivity index (χ4v) is 2.45. The number of halogens is 3. The van der Waals surface area contributed by atoms with E-state index in [2.05, 4.69) is 17.2 Å². The van der Waals surface area contributed by atoms with Gasteiger partial charge in [-0.3, -0.25) is 0 Å². The fourth-order valence-electron chi connectivity index (χ4n) is 2.45. The Morgan fingerprint density at radius 2 is 2.06 bits per heavy atom. The molecule has 1 saturated carbocycles. The van der Waals surface area contributed by atoms with Gasteiger partial charge in [-0.05, 0) is 30.9 Å². The highest BCUT2D eigenvalue weighted by atomic mass is 19.4. The van der Waals surface area contributed by atoms with Crippen LogP contribution in [0.3, 0.4) is 0 Å². The van der Waals surface area contributed by atoms with Crippen molar-refractivity contribution in [3.05, 3.63) is 24.0 Å². The fraction of sp³-hybridized carbons (Fsp3) is 0.615. The third-order valence-electron chi connectivity index (χ3n) is 3.36. The van der Waals surface area contributed by atoms with Crippen molar-refractivity contribution in [3.63, 3.8) is 0 Å². The maximum absolute atomic E-state index is 12.3. The molecule has 2 nitrogen and oxygen atoms in total. The second-order valence-electron chi connectivity index (χ2n) is 5.04. The molecule has 1 aliphatic carbocycles. The zero-order chi connectivity index (χ0) is 13.2.